The highest BCUT2D eigenvalue weighted by atomic mass is 19.1. The fourth-order valence-corrected chi connectivity index (χ4v) is 2.00. The molecule has 98 valence electrons. The highest BCUT2D eigenvalue weighted by Crippen LogP contribution is 2.12. The number of imidazole rings is 1. The molecule has 2 rings (SSSR count). The lowest BCUT2D eigenvalue weighted by Crippen LogP contribution is -2.20. The van der Waals surface area contributed by atoms with Gasteiger partial charge in [-0.05, 0) is 25.5 Å². The Hall–Kier alpha value is -1.42. The van der Waals surface area contributed by atoms with E-state index in [1.54, 1.807) is 6.08 Å². The van der Waals surface area contributed by atoms with Crippen LogP contribution in [-0.4, -0.2) is 28.8 Å². The van der Waals surface area contributed by atoms with Crippen LogP contribution in [0.25, 0.3) is 0 Å². The third-order valence-electron chi connectivity index (χ3n) is 3.13. The van der Waals surface area contributed by atoms with E-state index < -0.39 is 6.17 Å². The number of aromatic nitrogens is 2. The second-order valence-corrected chi connectivity index (χ2v) is 4.65. The maximum absolute atomic E-state index is 12.8. The second-order valence-electron chi connectivity index (χ2n) is 4.65. The number of nitrogens with one attached hydrogen (secondary N) is 1. The van der Waals surface area contributed by atoms with Gasteiger partial charge in [-0.2, -0.15) is 0 Å². The van der Waals surface area contributed by atoms with Crippen LogP contribution in [-0.2, 0) is 6.54 Å². The van der Waals surface area contributed by atoms with Gasteiger partial charge in [0.1, 0.15) is 6.17 Å². The van der Waals surface area contributed by atoms with Crippen molar-refractivity contribution in [1.82, 2.24) is 14.9 Å². The van der Waals surface area contributed by atoms with Gasteiger partial charge in [0.2, 0.25) is 0 Å². The normalized spacial score (nSPS) is 19.0. The highest BCUT2D eigenvalue weighted by molar-refractivity contribution is 5.25. The van der Waals surface area contributed by atoms with E-state index in [1.165, 1.54) is 11.3 Å². The Morgan fingerprint density at radius 2 is 2.44 bits per heavy atom. The number of alkyl halides is 1. The second kappa shape index (κ2) is 6.50. The lowest BCUT2D eigenvalue weighted by Gasteiger charge is -2.11. The van der Waals surface area contributed by atoms with E-state index in [2.05, 4.69) is 21.8 Å². The molecule has 0 spiro atoms. The van der Waals surface area contributed by atoms with Crippen molar-refractivity contribution in [3.05, 3.63) is 42.0 Å². The molecule has 1 heterocycles. The minimum Gasteiger partial charge on any atom is -0.335 e. The molecule has 4 heteroatoms. The van der Waals surface area contributed by atoms with Gasteiger partial charge >= 0.3 is 0 Å². The van der Waals surface area contributed by atoms with E-state index in [1.807, 2.05) is 24.7 Å². The summed E-state index contributed by atoms with van der Waals surface area (Å²) in [6.07, 6.45) is 10.0. The molecule has 1 aliphatic carbocycles. The Kier molecular flexibility index (Phi) is 4.70. The molecule has 0 saturated carbocycles. The van der Waals surface area contributed by atoms with Gasteiger partial charge in [0.05, 0.1) is 6.33 Å². The van der Waals surface area contributed by atoms with Gasteiger partial charge in [0.15, 0.2) is 0 Å². The van der Waals surface area contributed by atoms with Crippen LogP contribution in [0.2, 0.25) is 0 Å². The Bertz CT molecular complexity index is 434. The van der Waals surface area contributed by atoms with Crippen molar-refractivity contribution in [2.45, 2.75) is 32.5 Å². The third kappa shape index (κ3) is 3.81. The van der Waals surface area contributed by atoms with Crippen molar-refractivity contribution in [2.24, 2.45) is 0 Å². The smallest absolute Gasteiger partial charge is 0.122 e. The molecular formula is C14H20FN3. The van der Waals surface area contributed by atoms with Crippen molar-refractivity contribution in [3.63, 3.8) is 0 Å². The summed E-state index contributed by atoms with van der Waals surface area (Å²) < 4.78 is 15.0. The molecule has 0 amide bonds. The Morgan fingerprint density at radius 3 is 3.11 bits per heavy atom. The molecule has 0 aliphatic heterocycles. The standard InChI is InChI=1S/C14H20FN3/c1-12-9-17-11-18(12)8-2-7-16-10-13-3-5-14(15)6-4-13/h3-5,9,11,14,16H,2,6-8,10H2,1H3. The van der Waals surface area contributed by atoms with Crippen LogP contribution in [0.1, 0.15) is 18.5 Å². The monoisotopic (exact) mass is 249 g/mol. The molecule has 0 saturated heterocycles. The predicted molar refractivity (Wildman–Crippen MR) is 71.2 cm³/mol. The maximum atomic E-state index is 12.8. The quantitative estimate of drug-likeness (QED) is 0.785. The molecule has 1 unspecified atom stereocenters. The third-order valence-corrected chi connectivity index (χ3v) is 3.13. The van der Waals surface area contributed by atoms with Crippen molar-refractivity contribution in [2.75, 3.05) is 13.1 Å². The van der Waals surface area contributed by atoms with Crippen molar-refractivity contribution in [3.8, 4) is 0 Å². The molecule has 18 heavy (non-hydrogen) atoms. The largest absolute Gasteiger partial charge is 0.335 e. The summed E-state index contributed by atoms with van der Waals surface area (Å²) >= 11 is 0. The number of rotatable bonds is 6. The number of hydrogen-bond donors (Lipinski definition) is 1. The molecular weight excluding hydrogens is 229 g/mol. The van der Waals surface area contributed by atoms with Crippen LogP contribution >= 0.6 is 0 Å². The zero-order chi connectivity index (χ0) is 12.8. The molecule has 0 radical (unpaired) electrons. The van der Waals surface area contributed by atoms with Gasteiger partial charge in [0.25, 0.3) is 0 Å². The summed E-state index contributed by atoms with van der Waals surface area (Å²) in [5.74, 6) is 0. The summed E-state index contributed by atoms with van der Waals surface area (Å²) in [5, 5.41) is 3.38. The minimum absolute atomic E-state index is 0.516. The summed E-state index contributed by atoms with van der Waals surface area (Å²) in [6, 6.07) is 0. The molecule has 0 fully saturated rings. The number of nitrogens with zero attached hydrogens (tertiary/aromatic N) is 2. The molecule has 3 nitrogen and oxygen atoms in total. The first kappa shape index (κ1) is 13.0. The molecule has 1 N–H and O–H groups in total. The van der Waals surface area contributed by atoms with Gasteiger partial charge in [0, 0.05) is 31.4 Å². The molecule has 1 aromatic heterocycles. The summed E-state index contributed by atoms with van der Waals surface area (Å²) in [6.45, 7) is 4.83. The van der Waals surface area contributed by atoms with Crippen LogP contribution in [0.5, 0.6) is 0 Å². The Labute approximate surface area is 107 Å². The first-order valence-electron chi connectivity index (χ1n) is 6.44. The molecule has 1 aliphatic rings. The predicted octanol–water partition coefficient (Wildman–Crippen LogP) is 2.40. The van der Waals surface area contributed by atoms with Gasteiger partial charge in [-0.25, -0.2) is 9.37 Å². The van der Waals surface area contributed by atoms with E-state index in [0.717, 1.165) is 26.1 Å². The van der Waals surface area contributed by atoms with E-state index in [0.29, 0.717) is 6.42 Å². The lowest BCUT2D eigenvalue weighted by molar-refractivity contribution is 0.400. The van der Waals surface area contributed by atoms with E-state index >= 15 is 0 Å². The lowest BCUT2D eigenvalue weighted by atomic mass is 10.1. The molecule has 1 aromatic rings. The molecule has 0 bridgehead atoms. The van der Waals surface area contributed by atoms with Crippen LogP contribution in [0.15, 0.2) is 36.3 Å². The summed E-state index contributed by atoms with van der Waals surface area (Å²) in [4.78, 5) is 4.09. The number of allylic oxidation sites excluding steroid dienone is 2. The highest BCUT2D eigenvalue weighted by Gasteiger charge is 2.05. The van der Waals surface area contributed by atoms with Gasteiger partial charge in [-0.15, -0.1) is 0 Å². The van der Waals surface area contributed by atoms with Crippen LogP contribution in [0.3, 0.4) is 0 Å². The maximum Gasteiger partial charge on any atom is 0.122 e. The minimum atomic E-state index is -0.794. The van der Waals surface area contributed by atoms with Crippen LogP contribution in [0, 0.1) is 6.92 Å². The van der Waals surface area contributed by atoms with Gasteiger partial charge < -0.3 is 9.88 Å². The van der Waals surface area contributed by atoms with Crippen LogP contribution < -0.4 is 5.32 Å². The van der Waals surface area contributed by atoms with Gasteiger partial charge in [-0.1, -0.05) is 18.2 Å². The average molecular weight is 249 g/mol. The topological polar surface area (TPSA) is 29.9 Å². The number of hydrogen-bond acceptors (Lipinski definition) is 2. The van der Waals surface area contributed by atoms with Crippen molar-refractivity contribution < 1.29 is 4.39 Å². The zero-order valence-electron chi connectivity index (χ0n) is 10.8. The Morgan fingerprint density at radius 1 is 1.56 bits per heavy atom. The van der Waals surface area contributed by atoms with E-state index in [4.69, 9.17) is 0 Å². The fraction of sp³-hybridized carbons (Fsp3) is 0.500. The van der Waals surface area contributed by atoms with Crippen LogP contribution in [0.4, 0.5) is 4.39 Å². The average Bonchev–Trinajstić information content (AvgIpc) is 2.77. The molecule has 0 aromatic carbocycles. The summed E-state index contributed by atoms with van der Waals surface area (Å²) in [5.41, 5.74) is 2.38. The Balaban J connectivity index is 1.60. The molecule has 1 atom stereocenters. The first-order valence-corrected chi connectivity index (χ1v) is 6.44. The zero-order valence-corrected chi connectivity index (χ0v) is 10.8. The van der Waals surface area contributed by atoms with Gasteiger partial charge in [-0.3, -0.25) is 0 Å². The SMILES string of the molecule is Cc1cncn1CCCNCC1=CCC(F)C=C1. The number of aryl methyl sites for hydroxylation is 2. The fourth-order valence-electron chi connectivity index (χ4n) is 2.00. The van der Waals surface area contributed by atoms with Crippen molar-refractivity contribution in [1.29, 1.82) is 0 Å². The van der Waals surface area contributed by atoms with E-state index in [9.17, 15) is 4.39 Å². The summed E-state index contributed by atoms with van der Waals surface area (Å²) in [7, 11) is 0. The first-order chi connectivity index (χ1) is 8.75. The number of halogens is 1. The van der Waals surface area contributed by atoms with E-state index in [-0.39, 0.29) is 0 Å². The van der Waals surface area contributed by atoms with Crippen molar-refractivity contribution >= 4 is 0 Å².